The minimum Gasteiger partial charge on any atom is -0.478 e. The van der Waals surface area contributed by atoms with Gasteiger partial charge in [0.25, 0.3) is 5.91 Å². The number of nitrogens with zero attached hydrogens (tertiary/aromatic N) is 3. The van der Waals surface area contributed by atoms with Crippen molar-refractivity contribution in [2.75, 3.05) is 6.61 Å². The molecule has 6 nitrogen and oxygen atoms in total. The number of nitrogens with one attached hydrogen (secondary N) is 1. The zero-order valence-electron chi connectivity index (χ0n) is 12.2. The fourth-order valence-corrected chi connectivity index (χ4v) is 2.44. The molecule has 0 spiro atoms. The zero-order valence-corrected chi connectivity index (χ0v) is 12.2. The third-order valence-electron chi connectivity index (χ3n) is 3.58. The molecule has 1 amide bonds. The van der Waals surface area contributed by atoms with Crippen LogP contribution in [0.25, 0.3) is 0 Å². The van der Waals surface area contributed by atoms with Gasteiger partial charge in [0, 0.05) is 24.7 Å². The Labute approximate surface area is 123 Å². The molecule has 6 heteroatoms. The lowest BCUT2D eigenvalue weighted by atomic mass is 10.2. The highest BCUT2D eigenvalue weighted by Crippen LogP contribution is 2.25. The van der Waals surface area contributed by atoms with Gasteiger partial charge in [-0.3, -0.25) is 9.78 Å². The summed E-state index contributed by atoms with van der Waals surface area (Å²) in [6.45, 7) is 5.24. The summed E-state index contributed by atoms with van der Waals surface area (Å²) in [5, 5.41) is 7.29. The molecule has 1 atom stereocenters. The number of carbonyl (C=O) groups is 1. The second kappa shape index (κ2) is 5.55. The molecule has 0 saturated carbocycles. The van der Waals surface area contributed by atoms with E-state index >= 15 is 0 Å². The van der Waals surface area contributed by atoms with Gasteiger partial charge in [-0.2, -0.15) is 5.10 Å². The van der Waals surface area contributed by atoms with Gasteiger partial charge in [0.15, 0.2) is 5.69 Å². The van der Waals surface area contributed by atoms with E-state index in [9.17, 15) is 4.79 Å². The highest BCUT2D eigenvalue weighted by Gasteiger charge is 2.24. The summed E-state index contributed by atoms with van der Waals surface area (Å²) < 4.78 is 7.35. The Bertz CT molecular complexity index is 651. The molecular formula is C15H18N4O2. The van der Waals surface area contributed by atoms with Gasteiger partial charge in [-0.05, 0) is 26.0 Å². The summed E-state index contributed by atoms with van der Waals surface area (Å²) in [4.78, 5) is 16.6. The van der Waals surface area contributed by atoms with Gasteiger partial charge in [0.1, 0.15) is 0 Å². The third kappa shape index (κ3) is 2.61. The van der Waals surface area contributed by atoms with Crippen LogP contribution in [0.5, 0.6) is 5.88 Å². The first-order chi connectivity index (χ1) is 10.2. The van der Waals surface area contributed by atoms with E-state index in [4.69, 9.17) is 4.74 Å². The van der Waals surface area contributed by atoms with Crippen molar-refractivity contribution in [3.63, 3.8) is 0 Å². The molecule has 1 unspecified atom stereocenters. The van der Waals surface area contributed by atoms with Crippen LogP contribution in [0.2, 0.25) is 0 Å². The first kappa shape index (κ1) is 13.6. The summed E-state index contributed by atoms with van der Waals surface area (Å²) in [5.74, 6) is 0.507. The minimum atomic E-state index is -0.198. The molecule has 1 aliphatic heterocycles. The quantitative estimate of drug-likeness (QED) is 0.935. The highest BCUT2D eigenvalue weighted by molar-refractivity contribution is 5.94. The Kier molecular flexibility index (Phi) is 3.60. The van der Waals surface area contributed by atoms with Crippen LogP contribution in [0.1, 0.15) is 41.1 Å². The summed E-state index contributed by atoms with van der Waals surface area (Å²) in [5.41, 5.74) is 2.04. The Balaban J connectivity index is 1.78. The number of hydrogen-bond donors (Lipinski definition) is 1. The number of aromatic nitrogens is 3. The molecule has 2 aromatic rings. The third-order valence-corrected chi connectivity index (χ3v) is 3.58. The smallest absolute Gasteiger partial charge is 0.272 e. The van der Waals surface area contributed by atoms with Crippen LogP contribution in [-0.2, 0) is 6.54 Å². The lowest BCUT2D eigenvalue weighted by Crippen LogP contribution is -2.28. The summed E-state index contributed by atoms with van der Waals surface area (Å²) >= 11 is 0. The van der Waals surface area contributed by atoms with Crippen LogP contribution in [0, 0.1) is 6.92 Å². The fourth-order valence-electron chi connectivity index (χ4n) is 2.44. The van der Waals surface area contributed by atoms with E-state index in [0.29, 0.717) is 18.2 Å². The number of pyridine rings is 1. The maximum absolute atomic E-state index is 12.4. The lowest BCUT2D eigenvalue weighted by Gasteiger charge is -2.14. The van der Waals surface area contributed by atoms with Crippen molar-refractivity contribution in [2.24, 2.45) is 0 Å². The first-order valence-corrected chi connectivity index (χ1v) is 7.09. The zero-order chi connectivity index (χ0) is 14.8. The number of carbonyl (C=O) groups excluding carboxylic acids is 1. The maximum atomic E-state index is 12.4. The number of fused-ring (bicyclic) bond motifs is 1. The molecule has 110 valence electrons. The average Bonchev–Trinajstić information content (AvgIpc) is 2.86. The van der Waals surface area contributed by atoms with Crippen molar-refractivity contribution in [2.45, 2.75) is 32.9 Å². The Morgan fingerprint density at radius 2 is 2.33 bits per heavy atom. The number of rotatable bonds is 3. The van der Waals surface area contributed by atoms with Crippen molar-refractivity contribution in [3.05, 3.63) is 41.3 Å². The number of ether oxygens (including phenoxy) is 1. The van der Waals surface area contributed by atoms with Crippen molar-refractivity contribution >= 4 is 5.91 Å². The predicted molar refractivity (Wildman–Crippen MR) is 77.2 cm³/mol. The van der Waals surface area contributed by atoms with Crippen molar-refractivity contribution in [1.29, 1.82) is 0 Å². The minimum absolute atomic E-state index is 0.169. The second-order valence-corrected chi connectivity index (χ2v) is 5.15. The van der Waals surface area contributed by atoms with Gasteiger partial charge < -0.3 is 10.1 Å². The SMILES string of the molecule is Cc1c(C(=O)NC(C)c2ccccn2)nn2c1OCCC2. The van der Waals surface area contributed by atoms with Gasteiger partial charge in [-0.1, -0.05) is 6.07 Å². The first-order valence-electron chi connectivity index (χ1n) is 7.09. The van der Waals surface area contributed by atoms with Gasteiger partial charge in [-0.15, -0.1) is 0 Å². The van der Waals surface area contributed by atoms with E-state index < -0.39 is 0 Å². The van der Waals surface area contributed by atoms with Gasteiger partial charge in [-0.25, -0.2) is 4.68 Å². The molecule has 0 bridgehead atoms. The molecule has 0 fully saturated rings. The lowest BCUT2D eigenvalue weighted by molar-refractivity contribution is 0.0932. The van der Waals surface area contributed by atoms with Crippen LogP contribution in [0.4, 0.5) is 0 Å². The van der Waals surface area contributed by atoms with Crippen molar-refractivity contribution in [1.82, 2.24) is 20.1 Å². The van der Waals surface area contributed by atoms with Crippen LogP contribution < -0.4 is 10.1 Å². The maximum Gasteiger partial charge on any atom is 0.272 e. The van der Waals surface area contributed by atoms with Crippen molar-refractivity contribution in [3.8, 4) is 5.88 Å². The van der Waals surface area contributed by atoms with E-state index in [1.54, 1.807) is 10.9 Å². The standard InChI is InChI=1S/C15H18N4O2/c1-10-13(18-19-8-5-9-21-15(10)19)14(20)17-11(2)12-6-3-4-7-16-12/h3-4,6-7,11H,5,8-9H2,1-2H3,(H,17,20). The summed E-state index contributed by atoms with van der Waals surface area (Å²) in [7, 11) is 0. The van der Waals surface area contributed by atoms with E-state index in [-0.39, 0.29) is 11.9 Å². The number of hydrogen-bond acceptors (Lipinski definition) is 4. The van der Waals surface area contributed by atoms with Crippen LogP contribution in [0.15, 0.2) is 24.4 Å². The topological polar surface area (TPSA) is 69.0 Å². The van der Waals surface area contributed by atoms with Crippen LogP contribution in [-0.4, -0.2) is 27.3 Å². The van der Waals surface area contributed by atoms with E-state index in [1.807, 2.05) is 32.0 Å². The van der Waals surface area contributed by atoms with E-state index in [0.717, 1.165) is 24.2 Å². The van der Waals surface area contributed by atoms with E-state index in [2.05, 4.69) is 15.4 Å². The number of amides is 1. The largest absolute Gasteiger partial charge is 0.478 e. The predicted octanol–water partition coefficient (Wildman–Crippen LogP) is 1.86. The molecule has 0 aromatic carbocycles. The van der Waals surface area contributed by atoms with Crippen molar-refractivity contribution < 1.29 is 9.53 Å². The van der Waals surface area contributed by atoms with Gasteiger partial charge in [0.2, 0.25) is 5.88 Å². The van der Waals surface area contributed by atoms with Crippen LogP contribution >= 0.6 is 0 Å². The molecule has 1 aliphatic rings. The Hall–Kier alpha value is -2.37. The highest BCUT2D eigenvalue weighted by atomic mass is 16.5. The summed E-state index contributed by atoms with van der Waals surface area (Å²) in [6.07, 6.45) is 2.63. The van der Waals surface area contributed by atoms with Gasteiger partial charge in [0.05, 0.1) is 18.3 Å². The molecule has 3 rings (SSSR count). The Morgan fingerprint density at radius 1 is 1.48 bits per heavy atom. The molecule has 21 heavy (non-hydrogen) atoms. The Morgan fingerprint density at radius 3 is 3.05 bits per heavy atom. The molecular weight excluding hydrogens is 268 g/mol. The normalized spacial score (nSPS) is 15.0. The average molecular weight is 286 g/mol. The molecule has 0 aliphatic carbocycles. The van der Waals surface area contributed by atoms with E-state index in [1.165, 1.54) is 0 Å². The molecule has 3 heterocycles. The monoisotopic (exact) mass is 286 g/mol. The number of aryl methyl sites for hydroxylation is 1. The summed E-state index contributed by atoms with van der Waals surface area (Å²) in [6, 6.07) is 5.47. The molecule has 2 aromatic heterocycles. The second-order valence-electron chi connectivity index (χ2n) is 5.15. The van der Waals surface area contributed by atoms with Crippen LogP contribution in [0.3, 0.4) is 0 Å². The van der Waals surface area contributed by atoms with Gasteiger partial charge >= 0.3 is 0 Å². The fraction of sp³-hybridized carbons (Fsp3) is 0.400. The molecule has 0 saturated heterocycles. The molecule has 1 N–H and O–H groups in total. The molecule has 0 radical (unpaired) electrons.